The molecule has 1 aromatic carbocycles. The van der Waals surface area contributed by atoms with E-state index >= 15 is 0 Å². The third kappa shape index (κ3) is 8.07. The quantitative estimate of drug-likeness (QED) is 0.296. The lowest BCUT2D eigenvalue weighted by Gasteiger charge is -2.30. The molecule has 0 spiro atoms. The zero-order valence-corrected chi connectivity index (χ0v) is 17.7. The minimum absolute atomic E-state index is 0. The monoisotopic (exact) mass is 458 g/mol. The molecule has 0 bridgehead atoms. The fourth-order valence-electron chi connectivity index (χ4n) is 2.65. The van der Waals surface area contributed by atoms with E-state index in [1.165, 1.54) is 19.3 Å². The molecule has 5 nitrogen and oxygen atoms in total. The van der Waals surface area contributed by atoms with Gasteiger partial charge in [0.15, 0.2) is 5.96 Å². The number of para-hydroxylation sites is 1. The number of likely N-dealkylation sites (tertiary alicyclic amines) is 1. The molecule has 0 radical (unpaired) electrons. The number of nitrogens with one attached hydrogen (secondary N) is 2. The Morgan fingerprint density at radius 1 is 1.16 bits per heavy atom. The number of carbonyl (C=O) groups is 1. The Morgan fingerprint density at radius 2 is 1.84 bits per heavy atom. The first-order valence-electron chi connectivity index (χ1n) is 9.06. The van der Waals surface area contributed by atoms with Crippen LogP contribution in [-0.4, -0.2) is 42.9 Å². The number of aliphatic imine (C=N–C) groups is 1. The maximum atomic E-state index is 11.6. The summed E-state index contributed by atoms with van der Waals surface area (Å²) in [5, 5.41) is 6.40. The fraction of sp³-hybridized carbons (Fsp3) is 0.579. The SMILES string of the molecule is CC(C)C(=O)NCCCN=C(Nc1ccccc1)N1CCCCC1.I. The fourth-order valence-corrected chi connectivity index (χ4v) is 2.65. The number of amides is 1. The predicted molar refractivity (Wildman–Crippen MR) is 116 cm³/mol. The van der Waals surface area contributed by atoms with Gasteiger partial charge in [0.05, 0.1) is 0 Å². The molecule has 1 aromatic rings. The molecule has 1 aliphatic rings. The van der Waals surface area contributed by atoms with Crippen molar-refractivity contribution in [1.82, 2.24) is 10.2 Å². The van der Waals surface area contributed by atoms with E-state index in [0.29, 0.717) is 13.1 Å². The smallest absolute Gasteiger partial charge is 0.222 e. The Labute approximate surface area is 168 Å². The Kier molecular flexibility index (Phi) is 10.5. The molecule has 6 heteroatoms. The topological polar surface area (TPSA) is 56.7 Å². The second-order valence-electron chi connectivity index (χ2n) is 6.54. The normalized spacial score (nSPS) is 14.8. The van der Waals surface area contributed by atoms with E-state index in [9.17, 15) is 4.79 Å². The molecule has 25 heavy (non-hydrogen) atoms. The van der Waals surface area contributed by atoms with Gasteiger partial charge in [-0.15, -0.1) is 24.0 Å². The maximum Gasteiger partial charge on any atom is 0.222 e. The summed E-state index contributed by atoms with van der Waals surface area (Å²) in [5.41, 5.74) is 1.06. The number of hydrogen-bond acceptors (Lipinski definition) is 2. The number of piperidine rings is 1. The molecule has 0 unspecified atom stereocenters. The van der Waals surface area contributed by atoms with Crippen LogP contribution in [0.2, 0.25) is 0 Å². The highest BCUT2D eigenvalue weighted by Crippen LogP contribution is 2.12. The van der Waals surface area contributed by atoms with Gasteiger partial charge in [0, 0.05) is 37.8 Å². The summed E-state index contributed by atoms with van der Waals surface area (Å²) in [5.74, 6) is 1.10. The third-order valence-corrected chi connectivity index (χ3v) is 4.11. The van der Waals surface area contributed by atoms with Crippen molar-refractivity contribution in [2.24, 2.45) is 10.9 Å². The molecule has 1 aliphatic heterocycles. The molecule has 0 aliphatic carbocycles. The average Bonchev–Trinajstić information content (AvgIpc) is 2.61. The zero-order valence-electron chi connectivity index (χ0n) is 15.3. The first kappa shape index (κ1) is 21.7. The van der Waals surface area contributed by atoms with Crippen molar-refractivity contribution >= 4 is 41.5 Å². The standard InChI is InChI=1S/C19H30N4O.HI/c1-16(2)18(24)20-12-9-13-21-19(23-14-7-4-8-15-23)22-17-10-5-3-6-11-17;/h3,5-6,10-11,16H,4,7-9,12-15H2,1-2H3,(H,20,24)(H,21,22);1H. The first-order valence-corrected chi connectivity index (χ1v) is 9.06. The number of carbonyl (C=O) groups excluding carboxylic acids is 1. The van der Waals surface area contributed by atoms with Crippen LogP contribution in [-0.2, 0) is 4.79 Å². The number of benzene rings is 1. The van der Waals surface area contributed by atoms with Gasteiger partial charge in [-0.25, -0.2) is 0 Å². The highest BCUT2D eigenvalue weighted by Gasteiger charge is 2.14. The van der Waals surface area contributed by atoms with Crippen LogP contribution in [0.5, 0.6) is 0 Å². The van der Waals surface area contributed by atoms with E-state index in [1.807, 2.05) is 32.0 Å². The van der Waals surface area contributed by atoms with Crippen LogP contribution in [0.25, 0.3) is 0 Å². The van der Waals surface area contributed by atoms with Crippen LogP contribution >= 0.6 is 24.0 Å². The van der Waals surface area contributed by atoms with Gasteiger partial charge in [0.1, 0.15) is 0 Å². The molecule has 0 atom stereocenters. The minimum atomic E-state index is 0. The van der Waals surface area contributed by atoms with Crippen LogP contribution in [0.3, 0.4) is 0 Å². The molecule has 1 heterocycles. The molecule has 1 saturated heterocycles. The molecule has 0 aromatic heterocycles. The van der Waals surface area contributed by atoms with Crippen LogP contribution in [0.4, 0.5) is 5.69 Å². The largest absolute Gasteiger partial charge is 0.356 e. The number of rotatable bonds is 6. The summed E-state index contributed by atoms with van der Waals surface area (Å²) in [7, 11) is 0. The number of guanidine groups is 1. The second kappa shape index (κ2) is 12.1. The van der Waals surface area contributed by atoms with Gasteiger partial charge in [-0.3, -0.25) is 9.79 Å². The van der Waals surface area contributed by atoms with Gasteiger partial charge in [-0.1, -0.05) is 32.0 Å². The number of halogens is 1. The van der Waals surface area contributed by atoms with Crippen LogP contribution in [0, 0.1) is 5.92 Å². The van der Waals surface area contributed by atoms with Gasteiger partial charge in [-0.05, 0) is 37.8 Å². The van der Waals surface area contributed by atoms with Crippen molar-refractivity contribution in [3.05, 3.63) is 30.3 Å². The van der Waals surface area contributed by atoms with Crippen molar-refractivity contribution in [2.75, 3.05) is 31.5 Å². The minimum Gasteiger partial charge on any atom is -0.356 e. The van der Waals surface area contributed by atoms with E-state index in [1.54, 1.807) is 0 Å². The third-order valence-electron chi connectivity index (χ3n) is 4.11. The maximum absolute atomic E-state index is 11.6. The van der Waals surface area contributed by atoms with E-state index in [2.05, 4.69) is 27.7 Å². The lowest BCUT2D eigenvalue weighted by Crippen LogP contribution is -2.40. The lowest BCUT2D eigenvalue weighted by molar-refractivity contribution is -0.123. The number of nitrogens with zero attached hydrogens (tertiary/aromatic N) is 2. The van der Waals surface area contributed by atoms with Gasteiger partial charge in [-0.2, -0.15) is 0 Å². The Hall–Kier alpha value is -1.31. The summed E-state index contributed by atoms with van der Waals surface area (Å²) in [6, 6.07) is 10.2. The summed E-state index contributed by atoms with van der Waals surface area (Å²) in [4.78, 5) is 18.7. The molecule has 1 fully saturated rings. The number of hydrogen-bond donors (Lipinski definition) is 2. The van der Waals surface area contributed by atoms with E-state index in [-0.39, 0.29) is 35.8 Å². The predicted octanol–water partition coefficient (Wildman–Crippen LogP) is 3.72. The van der Waals surface area contributed by atoms with Crippen molar-refractivity contribution in [3.8, 4) is 0 Å². The molecule has 140 valence electrons. The molecule has 2 rings (SSSR count). The van der Waals surface area contributed by atoms with Crippen molar-refractivity contribution in [3.63, 3.8) is 0 Å². The van der Waals surface area contributed by atoms with Crippen LogP contribution in [0.15, 0.2) is 35.3 Å². The van der Waals surface area contributed by atoms with Crippen molar-refractivity contribution in [1.29, 1.82) is 0 Å². The summed E-state index contributed by atoms with van der Waals surface area (Å²) >= 11 is 0. The molecule has 1 amide bonds. The van der Waals surface area contributed by atoms with E-state index < -0.39 is 0 Å². The summed E-state index contributed by atoms with van der Waals surface area (Å²) in [6.45, 7) is 7.33. The summed E-state index contributed by atoms with van der Waals surface area (Å²) < 4.78 is 0. The van der Waals surface area contributed by atoms with Gasteiger partial charge < -0.3 is 15.5 Å². The molecular weight excluding hydrogens is 427 g/mol. The Morgan fingerprint density at radius 3 is 2.48 bits per heavy atom. The Balaban J connectivity index is 0.00000312. The average molecular weight is 458 g/mol. The lowest BCUT2D eigenvalue weighted by atomic mass is 10.1. The van der Waals surface area contributed by atoms with Crippen LogP contribution in [0.1, 0.15) is 39.5 Å². The number of anilines is 1. The van der Waals surface area contributed by atoms with Gasteiger partial charge in [0.25, 0.3) is 0 Å². The first-order chi connectivity index (χ1) is 11.7. The molecule has 0 saturated carbocycles. The highest BCUT2D eigenvalue weighted by molar-refractivity contribution is 14.0. The second-order valence-corrected chi connectivity index (χ2v) is 6.54. The van der Waals surface area contributed by atoms with Crippen LogP contribution < -0.4 is 10.6 Å². The van der Waals surface area contributed by atoms with Gasteiger partial charge >= 0.3 is 0 Å². The zero-order chi connectivity index (χ0) is 17.2. The molecule has 2 N–H and O–H groups in total. The van der Waals surface area contributed by atoms with Gasteiger partial charge in [0.2, 0.25) is 5.91 Å². The van der Waals surface area contributed by atoms with Crippen molar-refractivity contribution < 1.29 is 4.79 Å². The summed E-state index contributed by atoms with van der Waals surface area (Å²) in [6.07, 6.45) is 4.60. The van der Waals surface area contributed by atoms with E-state index in [0.717, 1.165) is 31.2 Å². The highest BCUT2D eigenvalue weighted by atomic mass is 127. The van der Waals surface area contributed by atoms with Crippen molar-refractivity contribution in [2.45, 2.75) is 39.5 Å². The van der Waals surface area contributed by atoms with E-state index in [4.69, 9.17) is 4.99 Å². The Bertz CT molecular complexity index is 527. The molecular formula is C19H31IN4O.